The van der Waals surface area contributed by atoms with E-state index in [0.717, 1.165) is 54.7 Å². The summed E-state index contributed by atoms with van der Waals surface area (Å²) in [6.45, 7) is 23.7. The third kappa shape index (κ3) is 7.18. The summed E-state index contributed by atoms with van der Waals surface area (Å²) < 4.78 is 0. The molecule has 1 atom stereocenters. The zero-order valence-electron chi connectivity index (χ0n) is 23.8. The van der Waals surface area contributed by atoms with E-state index in [9.17, 15) is 0 Å². The molecule has 1 heterocycles. The number of nitrogens with zero attached hydrogens (tertiary/aromatic N) is 2. The van der Waals surface area contributed by atoms with Crippen molar-refractivity contribution in [3.8, 4) is 0 Å². The lowest BCUT2D eigenvalue weighted by Gasteiger charge is -2.21. The largest absolute Gasteiger partial charge is 0.386 e. The van der Waals surface area contributed by atoms with Gasteiger partial charge in [0, 0.05) is 28.7 Å². The zero-order valence-corrected chi connectivity index (χ0v) is 23.8. The average molecular weight is 486 g/mol. The van der Waals surface area contributed by atoms with Gasteiger partial charge in [-0.25, -0.2) is 4.98 Å². The van der Waals surface area contributed by atoms with Gasteiger partial charge in [-0.1, -0.05) is 51.1 Å². The van der Waals surface area contributed by atoms with Gasteiger partial charge in [-0.2, -0.15) is 0 Å². The quantitative estimate of drug-likeness (QED) is 0.228. The summed E-state index contributed by atoms with van der Waals surface area (Å²) in [5, 5.41) is 4.93. The summed E-state index contributed by atoms with van der Waals surface area (Å²) in [7, 11) is 0. The molecule has 0 saturated heterocycles. The number of aromatic nitrogens is 1. The van der Waals surface area contributed by atoms with E-state index in [1.54, 1.807) is 0 Å². The van der Waals surface area contributed by atoms with E-state index < -0.39 is 0 Å². The number of aliphatic imine (C=N–C) groups is 1. The van der Waals surface area contributed by atoms with Gasteiger partial charge in [0.05, 0.1) is 16.9 Å². The maximum atomic E-state index is 5.15. The molecule has 3 nitrogen and oxygen atoms in total. The Kier molecular flexibility index (Phi) is 9.70. The molecule has 2 aromatic rings. The second-order valence-corrected chi connectivity index (χ2v) is 11.0. The van der Waals surface area contributed by atoms with Crippen molar-refractivity contribution >= 4 is 16.6 Å². The topological polar surface area (TPSA) is 37.3 Å². The predicted octanol–water partition coefficient (Wildman–Crippen LogP) is 8.65. The number of pyridine rings is 1. The molecule has 1 aromatic heterocycles. The Balaban J connectivity index is 1.92. The van der Waals surface area contributed by atoms with Gasteiger partial charge in [0.2, 0.25) is 0 Å². The summed E-state index contributed by atoms with van der Waals surface area (Å²) in [5.41, 5.74) is 10.7. The number of benzene rings is 1. The van der Waals surface area contributed by atoms with Gasteiger partial charge in [-0.05, 0) is 101 Å². The number of allylic oxidation sites excluding steroid dienone is 4. The summed E-state index contributed by atoms with van der Waals surface area (Å²) in [5.74, 6) is 0.830. The van der Waals surface area contributed by atoms with Crippen LogP contribution in [0.4, 0.5) is 0 Å². The van der Waals surface area contributed by atoms with Crippen molar-refractivity contribution in [3.63, 3.8) is 0 Å². The molecule has 1 aromatic carbocycles. The van der Waals surface area contributed by atoms with Crippen molar-refractivity contribution in [2.24, 2.45) is 16.8 Å². The van der Waals surface area contributed by atoms with Gasteiger partial charge in [0.1, 0.15) is 0 Å². The highest BCUT2D eigenvalue weighted by Crippen LogP contribution is 2.30. The SMILES string of the molecule is C=C(C)CC(CCCc1cc(C(C)=N/C(=C\C)C(C)C)nc2c(C)c(CC)ccc12)C(=C)NC1CC1. The first-order valence-electron chi connectivity index (χ1n) is 13.9. The van der Waals surface area contributed by atoms with E-state index in [-0.39, 0.29) is 0 Å². The lowest BCUT2D eigenvalue weighted by atomic mass is 9.90. The van der Waals surface area contributed by atoms with Crippen LogP contribution in [0.25, 0.3) is 10.9 Å². The number of rotatable bonds is 13. The predicted molar refractivity (Wildman–Crippen MR) is 158 cm³/mol. The minimum Gasteiger partial charge on any atom is -0.386 e. The maximum absolute atomic E-state index is 5.15. The first-order chi connectivity index (χ1) is 17.1. The van der Waals surface area contributed by atoms with Crippen LogP contribution >= 0.6 is 0 Å². The van der Waals surface area contributed by atoms with Crippen LogP contribution in [0.2, 0.25) is 0 Å². The number of hydrogen-bond donors (Lipinski definition) is 1. The van der Waals surface area contributed by atoms with Gasteiger partial charge in [0.25, 0.3) is 0 Å². The summed E-state index contributed by atoms with van der Waals surface area (Å²) in [4.78, 5) is 10.1. The Morgan fingerprint density at radius 2 is 1.92 bits per heavy atom. The van der Waals surface area contributed by atoms with Gasteiger partial charge in [-0.3, -0.25) is 4.99 Å². The number of hydrogen-bond acceptors (Lipinski definition) is 3. The minimum absolute atomic E-state index is 0.390. The van der Waals surface area contributed by atoms with Crippen molar-refractivity contribution in [3.05, 3.63) is 76.8 Å². The van der Waals surface area contributed by atoms with E-state index in [0.29, 0.717) is 17.9 Å². The summed E-state index contributed by atoms with van der Waals surface area (Å²) in [6, 6.07) is 7.49. The monoisotopic (exact) mass is 485 g/mol. The molecule has 3 heteroatoms. The molecule has 1 saturated carbocycles. The highest BCUT2D eigenvalue weighted by atomic mass is 15.0. The molecule has 1 aliphatic rings. The molecule has 36 heavy (non-hydrogen) atoms. The molecule has 1 unspecified atom stereocenters. The summed E-state index contributed by atoms with van der Waals surface area (Å²) >= 11 is 0. The van der Waals surface area contributed by atoms with Crippen LogP contribution in [0.15, 0.2) is 59.4 Å². The van der Waals surface area contributed by atoms with E-state index in [4.69, 9.17) is 9.98 Å². The molecule has 0 amide bonds. The second-order valence-electron chi connectivity index (χ2n) is 11.0. The van der Waals surface area contributed by atoms with Crippen LogP contribution < -0.4 is 5.32 Å². The third-order valence-electron chi connectivity index (χ3n) is 7.42. The van der Waals surface area contributed by atoms with Gasteiger partial charge in [-0.15, -0.1) is 6.58 Å². The molecule has 1 aliphatic carbocycles. The molecule has 3 rings (SSSR count). The van der Waals surface area contributed by atoms with Crippen LogP contribution in [0.3, 0.4) is 0 Å². The van der Waals surface area contributed by atoms with Crippen molar-refractivity contribution in [1.29, 1.82) is 0 Å². The molecule has 1 N–H and O–H groups in total. The number of nitrogens with one attached hydrogen (secondary N) is 1. The van der Waals surface area contributed by atoms with E-state index in [2.05, 4.69) is 91.2 Å². The molecular weight excluding hydrogens is 438 g/mol. The van der Waals surface area contributed by atoms with Crippen LogP contribution in [-0.2, 0) is 12.8 Å². The van der Waals surface area contributed by atoms with E-state index in [1.807, 2.05) is 0 Å². The Hall–Kier alpha value is -2.68. The number of fused-ring (bicyclic) bond motifs is 1. The molecule has 0 bridgehead atoms. The molecule has 0 radical (unpaired) electrons. The standard InChI is InChI=1S/C33H47N3/c1-10-26-15-18-30-28(14-12-13-27(19-21(3)4)24(8)34-29-16-17-29)20-32(36-33(30)23(26)7)25(9)35-31(11-2)22(5)6/h11,15,18,20,22,27,29,34H,3,8,10,12-14,16-17,19H2,1-2,4-7,9H3/b31-11-,35-25?. The molecule has 0 spiro atoms. The fraction of sp³-hybridized carbons (Fsp3) is 0.515. The number of aryl methyl sites for hydroxylation is 3. The van der Waals surface area contributed by atoms with Crippen LogP contribution in [0.1, 0.15) is 96.0 Å². The lowest BCUT2D eigenvalue weighted by molar-refractivity contribution is 0.496. The first-order valence-corrected chi connectivity index (χ1v) is 13.9. The van der Waals surface area contributed by atoms with Crippen molar-refractivity contribution in [1.82, 2.24) is 10.3 Å². The second kappa shape index (κ2) is 12.5. The first kappa shape index (κ1) is 27.9. The lowest BCUT2D eigenvalue weighted by Crippen LogP contribution is -2.22. The minimum atomic E-state index is 0.390. The van der Waals surface area contributed by atoms with Gasteiger partial charge < -0.3 is 5.32 Å². The fourth-order valence-electron chi connectivity index (χ4n) is 5.06. The summed E-state index contributed by atoms with van der Waals surface area (Å²) in [6.07, 6.45) is 9.93. The van der Waals surface area contributed by atoms with Crippen LogP contribution in [0, 0.1) is 18.8 Å². The third-order valence-corrected chi connectivity index (χ3v) is 7.42. The Labute approximate surface area is 219 Å². The molecule has 0 aliphatic heterocycles. The van der Waals surface area contributed by atoms with Gasteiger partial charge in [0.15, 0.2) is 0 Å². The average Bonchev–Trinajstić information content (AvgIpc) is 3.65. The Bertz CT molecular complexity index is 1160. The smallest absolute Gasteiger partial charge is 0.0852 e. The van der Waals surface area contributed by atoms with Crippen LogP contribution in [0.5, 0.6) is 0 Å². The molecule has 194 valence electrons. The molecular formula is C33H47N3. The van der Waals surface area contributed by atoms with E-state index in [1.165, 1.54) is 46.2 Å². The van der Waals surface area contributed by atoms with Gasteiger partial charge >= 0.3 is 0 Å². The highest BCUT2D eigenvalue weighted by molar-refractivity contribution is 6.00. The maximum Gasteiger partial charge on any atom is 0.0852 e. The van der Waals surface area contributed by atoms with Crippen molar-refractivity contribution in [2.45, 2.75) is 99.5 Å². The van der Waals surface area contributed by atoms with Crippen LogP contribution in [-0.4, -0.2) is 16.7 Å². The van der Waals surface area contributed by atoms with Crippen molar-refractivity contribution in [2.75, 3.05) is 0 Å². The molecule has 1 fully saturated rings. The normalized spacial score (nSPS) is 15.4. The zero-order chi connectivity index (χ0) is 26.4. The Morgan fingerprint density at radius 1 is 1.19 bits per heavy atom. The van der Waals surface area contributed by atoms with E-state index >= 15 is 0 Å². The fourth-order valence-corrected chi connectivity index (χ4v) is 5.06. The van der Waals surface area contributed by atoms with Crippen molar-refractivity contribution < 1.29 is 0 Å². The Morgan fingerprint density at radius 3 is 2.50 bits per heavy atom. The highest BCUT2D eigenvalue weighted by Gasteiger charge is 2.24.